The molecule has 2 aromatic carbocycles. The predicted molar refractivity (Wildman–Crippen MR) is 212 cm³/mol. The smallest absolute Gasteiger partial charge is 0.465 e. The number of fused-ring (bicyclic) bond motifs is 4. The molecule has 0 saturated carbocycles. The number of aromatic nitrogens is 2. The van der Waals surface area contributed by atoms with E-state index >= 15 is 17.3 Å². The maximum absolute atomic E-state index is 15.6. The van der Waals surface area contributed by atoms with Crippen LogP contribution in [-0.4, -0.2) is 69.5 Å². The first-order valence-corrected chi connectivity index (χ1v) is 18.3. The molecule has 8 nitrogen and oxygen atoms in total. The van der Waals surface area contributed by atoms with Gasteiger partial charge >= 0.3 is 25.9 Å². The molecule has 56 heavy (non-hydrogen) atoms. The number of aryl methyl sites for hydroxylation is 4. The first-order valence-electron chi connectivity index (χ1n) is 18.3. The summed E-state index contributed by atoms with van der Waals surface area (Å²) in [7, 11) is 2.66. The molecule has 288 valence electrons. The van der Waals surface area contributed by atoms with E-state index in [1.54, 1.807) is 101 Å². The Hall–Kier alpha value is -5.91. The molecule has 0 radical (unpaired) electrons. The summed E-state index contributed by atoms with van der Waals surface area (Å²) in [5.74, 6) is -0.860. The number of hydrogen-bond acceptors (Lipinski definition) is 4. The highest BCUT2D eigenvalue weighted by atomic mass is 19.3. The molecule has 4 aromatic rings. The van der Waals surface area contributed by atoms with Crippen LogP contribution in [0.1, 0.15) is 93.4 Å². The monoisotopic (exact) mass is 764 g/mol. The largest absolute Gasteiger partial charge is 0.737 e. The lowest BCUT2D eigenvalue weighted by atomic mass is 9.83. The summed E-state index contributed by atoms with van der Waals surface area (Å²) >= 11 is 0. The van der Waals surface area contributed by atoms with Gasteiger partial charge in [0.05, 0.1) is 36.5 Å². The van der Waals surface area contributed by atoms with Crippen molar-refractivity contribution in [1.82, 2.24) is 8.96 Å². The summed E-state index contributed by atoms with van der Waals surface area (Å²) in [5, 5.41) is 0. The van der Waals surface area contributed by atoms with E-state index in [1.807, 2.05) is 27.7 Å². The Morgan fingerprint density at radius 1 is 0.554 bits per heavy atom. The predicted octanol–water partition coefficient (Wildman–Crippen LogP) is 8.64. The minimum Gasteiger partial charge on any atom is -0.465 e. The van der Waals surface area contributed by atoms with Gasteiger partial charge in [0.1, 0.15) is 11.4 Å². The van der Waals surface area contributed by atoms with Gasteiger partial charge in [-0.25, -0.2) is 9.59 Å². The highest BCUT2D eigenvalue weighted by molar-refractivity contribution is 6.59. The lowest BCUT2D eigenvalue weighted by Gasteiger charge is -2.34. The summed E-state index contributed by atoms with van der Waals surface area (Å²) < 4.78 is 76.4. The molecule has 0 fully saturated rings. The minimum atomic E-state index is -3.99. The molecule has 0 spiro atoms. The molecule has 6 heterocycles. The molecular weight excluding hydrogens is 722 g/mol. The topological polar surface area (TPSA) is 68.5 Å². The summed E-state index contributed by atoms with van der Waals surface area (Å²) in [4.78, 5) is 23.5. The molecule has 4 aliphatic heterocycles. The van der Waals surface area contributed by atoms with E-state index in [0.717, 1.165) is 44.5 Å². The van der Waals surface area contributed by atoms with Crippen molar-refractivity contribution in [3.63, 3.8) is 0 Å². The minimum absolute atomic E-state index is 0.420. The Morgan fingerprint density at radius 3 is 1.18 bits per heavy atom. The van der Waals surface area contributed by atoms with Gasteiger partial charge in [-0.2, -0.15) is 0 Å². The Morgan fingerprint density at radius 2 is 0.875 bits per heavy atom. The summed E-state index contributed by atoms with van der Waals surface area (Å²) in [5.41, 5.74) is 11.3. The molecule has 0 bridgehead atoms. The normalized spacial score (nSPS) is 17.5. The van der Waals surface area contributed by atoms with Gasteiger partial charge in [-0.15, -0.1) is 0 Å². The van der Waals surface area contributed by atoms with E-state index in [-0.39, 0.29) is 0 Å². The Kier molecular flexibility index (Phi) is 9.17. The van der Waals surface area contributed by atoms with Gasteiger partial charge in [0.15, 0.2) is 11.4 Å². The van der Waals surface area contributed by atoms with Crippen LogP contribution >= 0.6 is 0 Å². The van der Waals surface area contributed by atoms with Crippen molar-refractivity contribution in [2.24, 2.45) is 0 Å². The molecule has 0 aliphatic carbocycles. The molecule has 8 rings (SSSR count). The highest BCUT2D eigenvalue weighted by Crippen LogP contribution is 2.45. The van der Waals surface area contributed by atoms with Crippen molar-refractivity contribution in [2.75, 3.05) is 14.2 Å². The number of methoxy groups -OCH3 is 2. The van der Waals surface area contributed by atoms with E-state index in [9.17, 15) is 9.59 Å². The van der Waals surface area contributed by atoms with Crippen LogP contribution in [0.25, 0.3) is 11.1 Å². The molecule has 0 atom stereocenters. The van der Waals surface area contributed by atoms with E-state index in [0.29, 0.717) is 56.7 Å². The number of rotatable bonds is 4. The van der Waals surface area contributed by atoms with Crippen LogP contribution in [-0.2, 0) is 9.47 Å². The lowest BCUT2D eigenvalue weighted by Crippen LogP contribution is -2.51. The van der Waals surface area contributed by atoms with Crippen molar-refractivity contribution in [1.29, 1.82) is 0 Å². The second-order valence-electron chi connectivity index (χ2n) is 14.8. The number of allylic oxidation sites excluding steroid dienone is 4. The van der Waals surface area contributed by atoms with Gasteiger partial charge in [-0.3, -0.25) is 0 Å². The van der Waals surface area contributed by atoms with Crippen LogP contribution in [0.3, 0.4) is 0 Å². The van der Waals surface area contributed by atoms with Crippen LogP contribution in [0, 0.1) is 27.7 Å². The molecule has 4 aliphatic rings. The first kappa shape index (κ1) is 38.4. The SMILES string of the molecule is COC(=O)c1ccc(C2=C3C(C)=CC(C)=[N+]3[B-](F)(F)n3c(C)cc(C)c32)cc1.COC(=O)c1ccc(C2=C3C(C)=CC(C)=[N+]3[B-](F)(F)n3c(C)cc(C)c32)cc1. The van der Waals surface area contributed by atoms with Crippen LogP contribution in [0.15, 0.2) is 95.4 Å². The number of esters is 2. The maximum atomic E-state index is 15.6. The van der Waals surface area contributed by atoms with Crippen LogP contribution in [0.4, 0.5) is 17.3 Å². The number of carbonyl (C=O) groups excluding carboxylic acids is 2. The number of halogens is 4. The fraction of sp³-hybridized carbons (Fsp3) is 0.238. The highest BCUT2D eigenvalue weighted by Gasteiger charge is 2.56. The van der Waals surface area contributed by atoms with Gasteiger partial charge in [-0.05, 0) is 112 Å². The van der Waals surface area contributed by atoms with Gasteiger partial charge in [0.25, 0.3) is 0 Å². The van der Waals surface area contributed by atoms with Crippen LogP contribution in [0.2, 0.25) is 0 Å². The summed E-state index contributed by atoms with van der Waals surface area (Å²) in [6.07, 6.45) is 3.59. The third-order valence-corrected chi connectivity index (χ3v) is 11.1. The second kappa shape index (κ2) is 13.4. The van der Waals surface area contributed by atoms with Crippen molar-refractivity contribution in [3.05, 3.63) is 152 Å². The van der Waals surface area contributed by atoms with Gasteiger partial charge in [-0.1, -0.05) is 24.3 Å². The van der Waals surface area contributed by atoms with E-state index < -0.39 is 25.9 Å². The third-order valence-electron chi connectivity index (χ3n) is 11.1. The zero-order chi connectivity index (χ0) is 40.8. The number of carbonyl (C=O) groups is 2. The average molecular weight is 764 g/mol. The van der Waals surface area contributed by atoms with E-state index in [1.165, 1.54) is 32.1 Å². The molecule has 0 unspecified atom stereocenters. The third kappa shape index (κ3) is 5.59. The number of benzene rings is 2. The van der Waals surface area contributed by atoms with E-state index in [2.05, 4.69) is 0 Å². The second-order valence-corrected chi connectivity index (χ2v) is 14.8. The van der Waals surface area contributed by atoms with Gasteiger partial charge in [0, 0.05) is 48.5 Å². The van der Waals surface area contributed by atoms with Crippen molar-refractivity contribution in [3.8, 4) is 0 Å². The maximum Gasteiger partial charge on any atom is 0.737 e. The standard InChI is InChI=1S/2C21H21BF2N2O2/c2*1-12-10-14(3)25-19(12)18(16-6-8-17(9-7-16)21(27)28-5)20-13(2)11-15(4)26(20)22(25,23)24/h2*6-11H,1-5H3. The zero-order valence-electron chi connectivity index (χ0n) is 33.0. The molecule has 0 amide bonds. The number of ether oxygens (including phenoxy) is 2. The molecule has 2 aromatic heterocycles. The molecule has 0 saturated heterocycles. The van der Waals surface area contributed by atoms with Gasteiger partial charge < -0.3 is 44.7 Å². The fourth-order valence-electron chi connectivity index (χ4n) is 8.93. The van der Waals surface area contributed by atoms with Crippen LogP contribution in [0.5, 0.6) is 0 Å². The Labute approximate surface area is 323 Å². The molecule has 14 heteroatoms. The van der Waals surface area contributed by atoms with E-state index in [4.69, 9.17) is 9.47 Å². The number of nitrogens with zero attached hydrogens (tertiary/aromatic N) is 4. The molecule has 0 N–H and O–H groups in total. The van der Waals surface area contributed by atoms with Crippen molar-refractivity contribution >= 4 is 48.4 Å². The van der Waals surface area contributed by atoms with Gasteiger partial charge in [0.2, 0.25) is 0 Å². The summed E-state index contributed by atoms with van der Waals surface area (Å²) in [6, 6.07) is 17.4. The summed E-state index contributed by atoms with van der Waals surface area (Å²) in [6.45, 7) is 6.29. The fourth-order valence-corrected chi connectivity index (χ4v) is 8.93. The number of hydrogen-bond donors (Lipinski definition) is 0. The Bertz CT molecular complexity index is 2420. The first-order chi connectivity index (χ1) is 26.4. The Balaban J connectivity index is 0.000000172. The quantitative estimate of drug-likeness (QED) is 0.119. The van der Waals surface area contributed by atoms with Crippen molar-refractivity contribution < 1.29 is 45.3 Å². The van der Waals surface area contributed by atoms with Crippen molar-refractivity contribution in [2.45, 2.75) is 55.4 Å². The van der Waals surface area contributed by atoms with Crippen LogP contribution < -0.4 is 0 Å². The average Bonchev–Trinajstić information content (AvgIpc) is 3.84. The molecular formula is C42H42B2F4N4O4. The zero-order valence-corrected chi connectivity index (χ0v) is 33.0. The lowest BCUT2D eigenvalue weighted by molar-refractivity contribution is -0.364.